The smallest absolute Gasteiger partial charge is 0.337 e. The fourth-order valence-electron chi connectivity index (χ4n) is 2.86. The number of aryl methyl sites for hydroxylation is 2. The lowest BCUT2D eigenvalue weighted by molar-refractivity contribution is 0.0601. The Morgan fingerprint density at radius 3 is 2.80 bits per heavy atom. The Hall–Kier alpha value is -2.82. The standard InChI is InChI=1S/C20H23N3O2/c1-4-5-11-23-18-10-9-15(19(24)25-3)13-17(18)22-20(23)21-16-8-6-7-14(2)12-16/h6-10,12-13H,4-5,11H2,1-3H3,(H,21,22). The zero-order valence-electron chi connectivity index (χ0n) is 14.9. The van der Waals surface area contributed by atoms with Crippen LogP contribution in [-0.4, -0.2) is 22.6 Å². The predicted molar refractivity (Wildman–Crippen MR) is 100 cm³/mol. The van der Waals surface area contributed by atoms with E-state index in [-0.39, 0.29) is 5.97 Å². The largest absolute Gasteiger partial charge is 0.465 e. The van der Waals surface area contributed by atoms with Crippen molar-refractivity contribution < 1.29 is 9.53 Å². The number of aromatic nitrogens is 2. The molecule has 0 radical (unpaired) electrons. The molecule has 0 saturated heterocycles. The Morgan fingerprint density at radius 2 is 2.08 bits per heavy atom. The molecule has 0 bridgehead atoms. The molecule has 0 aliphatic carbocycles. The van der Waals surface area contributed by atoms with E-state index in [1.807, 2.05) is 18.2 Å². The fraction of sp³-hybridized carbons (Fsp3) is 0.300. The van der Waals surface area contributed by atoms with Crippen LogP contribution in [0.25, 0.3) is 11.0 Å². The molecule has 1 N–H and O–H groups in total. The van der Waals surface area contributed by atoms with Gasteiger partial charge in [-0.1, -0.05) is 25.5 Å². The number of carbonyl (C=O) groups excluding carboxylic acids is 1. The van der Waals surface area contributed by atoms with Gasteiger partial charge in [-0.3, -0.25) is 0 Å². The molecule has 130 valence electrons. The number of hydrogen-bond donors (Lipinski definition) is 1. The number of rotatable bonds is 6. The second-order valence-corrected chi connectivity index (χ2v) is 6.13. The minimum Gasteiger partial charge on any atom is -0.465 e. The van der Waals surface area contributed by atoms with Crippen molar-refractivity contribution in [1.29, 1.82) is 0 Å². The predicted octanol–water partition coefficient (Wildman–Crippen LogP) is 4.68. The number of anilines is 2. The van der Waals surface area contributed by atoms with E-state index >= 15 is 0 Å². The van der Waals surface area contributed by atoms with Gasteiger partial charge >= 0.3 is 5.97 Å². The van der Waals surface area contributed by atoms with Crippen LogP contribution in [0, 0.1) is 6.92 Å². The highest BCUT2D eigenvalue weighted by molar-refractivity contribution is 5.94. The van der Waals surface area contributed by atoms with Gasteiger partial charge in [0.15, 0.2) is 0 Å². The number of benzene rings is 2. The monoisotopic (exact) mass is 337 g/mol. The average Bonchev–Trinajstić information content (AvgIpc) is 2.95. The number of carbonyl (C=O) groups is 1. The second kappa shape index (κ2) is 7.38. The van der Waals surface area contributed by atoms with E-state index in [0.29, 0.717) is 5.56 Å². The molecule has 2 aromatic carbocycles. The zero-order valence-corrected chi connectivity index (χ0v) is 14.9. The summed E-state index contributed by atoms with van der Waals surface area (Å²) in [5, 5.41) is 3.41. The molecule has 0 aliphatic rings. The van der Waals surface area contributed by atoms with Gasteiger partial charge < -0.3 is 14.6 Å². The zero-order chi connectivity index (χ0) is 17.8. The van der Waals surface area contributed by atoms with Gasteiger partial charge in [0.25, 0.3) is 0 Å². The molecule has 0 unspecified atom stereocenters. The molecule has 0 fully saturated rings. The molecular formula is C20H23N3O2. The molecular weight excluding hydrogens is 314 g/mol. The molecule has 1 heterocycles. The summed E-state index contributed by atoms with van der Waals surface area (Å²) >= 11 is 0. The maximum absolute atomic E-state index is 11.8. The quantitative estimate of drug-likeness (QED) is 0.664. The number of unbranched alkanes of at least 4 members (excludes halogenated alkanes) is 1. The number of fused-ring (bicyclic) bond motifs is 1. The second-order valence-electron chi connectivity index (χ2n) is 6.13. The van der Waals surface area contributed by atoms with Crippen LogP contribution in [0.5, 0.6) is 0 Å². The molecule has 5 nitrogen and oxygen atoms in total. The first-order chi connectivity index (χ1) is 12.1. The SMILES string of the molecule is CCCCn1c(Nc2cccc(C)c2)nc2cc(C(=O)OC)ccc21. The Kier molecular flexibility index (Phi) is 5.03. The summed E-state index contributed by atoms with van der Waals surface area (Å²) in [6, 6.07) is 13.7. The van der Waals surface area contributed by atoms with E-state index in [0.717, 1.165) is 42.1 Å². The van der Waals surface area contributed by atoms with Gasteiger partial charge in [-0.2, -0.15) is 0 Å². The molecule has 1 aromatic heterocycles. The molecule has 0 aliphatic heterocycles. The third kappa shape index (κ3) is 3.65. The van der Waals surface area contributed by atoms with Crippen molar-refractivity contribution >= 4 is 28.6 Å². The number of imidazole rings is 1. The van der Waals surface area contributed by atoms with E-state index in [1.54, 1.807) is 12.1 Å². The van der Waals surface area contributed by atoms with E-state index < -0.39 is 0 Å². The average molecular weight is 337 g/mol. The lowest BCUT2D eigenvalue weighted by Gasteiger charge is -2.11. The lowest BCUT2D eigenvalue weighted by atomic mass is 10.2. The van der Waals surface area contributed by atoms with E-state index in [1.165, 1.54) is 12.7 Å². The van der Waals surface area contributed by atoms with Crippen LogP contribution in [0.3, 0.4) is 0 Å². The molecule has 0 spiro atoms. The van der Waals surface area contributed by atoms with Crippen molar-refractivity contribution in [3.63, 3.8) is 0 Å². The number of nitrogens with one attached hydrogen (secondary N) is 1. The van der Waals surface area contributed by atoms with Gasteiger partial charge in [0.2, 0.25) is 5.95 Å². The lowest BCUT2D eigenvalue weighted by Crippen LogP contribution is -2.04. The summed E-state index contributed by atoms with van der Waals surface area (Å²) in [4.78, 5) is 16.5. The van der Waals surface area contributed by atoms with Gasteiger partial charge in [-0.25, -0.2) is 9.78 Å². The minimum absolute atomic E-state index is 0.349. The topological polar surface area (TPSA) is 56.2 Å². The van der Waals surface area contributed by atoms with Crippen LogP contribution >= 0.6 is 0 Å². The van der Waals surface area contributed by atoms with Crippen molar-refractivity contribution in [3.05, 3.63) is 53.6 Å². The number of methoxy groups -OCH3 is 1. The Balaban J connectivity index is 2.03. The van der Waals surface area contributed by atoms with Gasteiger partial charge in [-0.15, -0.1) is 0 Å². The van der Waals surface area contributed by atoms with Crippen molar-refractivity contribution in [2.75, 3.05) is 12.4 Å². The van der Waals surface area contributed by atoms with Crippen LogP contribution < -0.4 is 5.32 Å². The fourth-order valence-corrected chi connectivity index (χ4v) is 2.86. The molecule has 0 amide bonds. The number of hydrogen-bond acceptors (Lipinski definition) is 4. The van der Waals surface area contributed by atoms with Crippen molar-refractivity contribution in [2.45, 2.75) is 33.2 Å². The van der Waals surface area contributed by atoms with Gasteiger partial charge in [0.05, 0.1) is 23.7 Å². The van der Waals surface area contributed by atoms with Crippen LogP contribution in [0.4, 0.5) is 11.6 Å². The maximum atomic E-state index is 11.8. The first-order valence-electron chi connectivity index (χ1n) is 8.54. The summed E-state index contributed by atoms with van der Waals surface area (Å²) in [5.41, 5.74) is 4.50. The summed E-state index contributed by atoms with van der Waals surface area (Å²) in [6.07, 6.45) is 2.16. The van der Waals surface area contributed by atoms with Crippen molar-refractivity contribution in [2.24, 2.45) is 0 Å². The van der Waals surface area contributed by atoms with Crippen LogP contribution in [0.1, 0.15) is 35.7 Å². The summed E-state index contributed by atoms with van der Waals surface area (Å²) < 4.78 is 6.98. The molecule has 5 heteroatoms. The van der Waals surface area contributed by atoms with Gasteiger partial charge in [-0.05, 0) is 49.2 Å². The van der Waals surface area contributed by atoms with Crippen molar-refractivity contribution in [3.8, 4) is 0 Å². The highest BCUT2D eigenvalue weighted by Crippen LogP contribution is 2.25. The summed E-state index contributed by atoms with van der Waals surface area (Å²) in [7, 11) is 1.39. The van der Waals surface area contributed by atoms with E-state index in [2.05, 4.69) is 35.9 Å². The van der Waals surface area contributed by atoms with Crippen LogP contribution in [-0.2, 0) is 11.3 Å². The highest BCUT2D eigenvalue weighted by Gasteiger charge is 2.14. The van der Waals surface area contributed by atoms with Crippen LogP contribution in [0.15, 0.2) is 42.5 Å². The maximum Gasteiger partial charge on any atom is 0.337 e. The Bertz CT molecular complexity index is 899. The summed E-state index contributed by atoms with van der Waals surface area (Å²) in [6.45, 7) is 5.11. The third-order valence-corrected chi connectivity index (χ3v) is 4.18. The van der Waals surface area contributed by atoms with E-state index in [4.69, 9.17) is 9.72 Å². The number of esters is 1. The minimum atomic E-state index is -0.349. The van der Waals surface area contributed by atoms with E-state index in [9.17, 15) is 4.79 Å². The molecule has 0 atom stereocenters. The van der Waals surface area contributed by atoms with Crippen molar-refractivity contribution in [1.82, 2.24) is 9.55 Å². The van der Waals surface area contributed by atoms with Gasteiger partial charge in [0.1, 0.15) is 0 Å². The molecule has 3 rings (SSSR count). The first kappa shape index (κ1) is 17.0. The number of nitrogens with zero attached hydrogens (tertiary/aromatic N) is 2. The molecule has 3 aromatic rings. The Labute approximate surface area is 147 Å². The Morgan fingerprint density at radius 1 is 1.24 bits per heavy atom. The molecule has 25 heavy (non-hydrogen) atoms. The summed E-state index contributed by atoms with van der Waals surface area (Å²) in [5.74, 6) is 0.439. The first-order valence-corrected chi connectivity index (χ1v) is 8.54. The number of ether oxygens (including phenoxy) is 1. The highest BCUT2D eigenvalue weighted by atomic mass is 16.5. The third-order valence-electron chi connectivity index (χ3n) is 4.18. The molecule has 0 saturated carbocycles. The van der Waals surface area contributed by atoms with Crippen LogP contribution in [0.2, 0.25) is 0 Å². The van der Waals surface area contributed by atoms with Gasteiger partial charge in [0, 0.05) is 12.2 Å². The normalized spacial score (nSPS) is 10.8.